The van der Waals surface area contributed by atoms with E-state index in [0.717, 1.165) is 12.7 Å². The molecule has 3 rings (SSSR count). The molecule has 0 bridgehead atoms. The van der Waals surface area contributed by atoms with Crippen LogP contribution in [0.5, 0.6) is 0 Å². The maximum absolute atomic E-state index is 14.0. The number of hydrogen-bond acceptors (Lipinski definition) is 4. The lowest BCUT2D eigenvalue weighted by molar-refractivity contribution is -0.362. The van der Waals surface area contributed by atoms with Crippen LogP contribution < -0.4 is 0 Å². The fraction of sp³-hybridized carbons (Fsp3) is 0.278. The van der Waals surface area contributed by atoms with Crippen molar-refractivity contribution in [2.45, 2.75) is 29.0 Å². The summed E-state index contributed by atoms with van der Waals surface area (Å²) in [5.74, 6) is -3.25. The lowest BCUT2D eigenvalue weighted by Crippen LogP contribution is -2.58. The molecular weight excluding hydrogens is 438 g/mol. The van der Waals surface area contributed by atoms with Crippen molar-refractivity contribution in [3.63, 3.8) is 0 Å². The second-order valence-electron chi connectivity index (χ2n) is 6.02. The van der Waals surface area contributed by atoms with E-state index in [-0.39, 0.29) is 26.2 Å². The molecule has 1 heterocycles. The van der Waals surface area contributed by atoms with Crippen LogP contribution >= 0.6 is 23.2 Å². The first kappa shape index (κ1) is 21.1. The Kier molecular flexibility index (Phi) is 5.78. The topological polar surface area (TPSA) is 47.9 Å². The number of hydrogen-bond donors (Lipinski definition) is 0. The summed E-state index contributed by atoms with van der Waals surface area (Å²) in [5, 5.41) is 1.83. The number of aryl methyl sites for hydroxylation is 1. The predicted octanol–water partition coefficient (Wildman–Crippen LogP) is 5.12. The molecule has 150 valence electrons. The highest BCUT2D eigenvalue weighted by Crippen LogP contribution is 2.46. The predicted molar refractivity (Wildman–Crippen MR) is 101 cm³/mol. The normalized spacial score (nSPS) is 23.2. The van der Waals surface area contributed by atoms with Gasteiger partial charge >= 0.3 is 12.0 Å². The smallest absolute Gasteiger partial charge is 0.348 e. The van der Waals surface area contributed by atoms with Crippen LogP contribution in [0.1, 0.15) is 11.1 Å². The molecule has 0 saturated carbocycles. The van der Waals surface area contributed by atoms with E-state index in [4.69, 9.17) is 32.8 Å². The highest BCUT2D eigenvalue weighted by molar-refractivity contribution is 7.86. The van der Waals surface area contributed by atoms with Gasteiger partial charge in [0.05, 0.1) is 20.8 Å². The van der Waals surface area contributed by atoms with Crippen LogP contribution in [0, 0.1) is 6.92 Å². The highest BCUT2D eigenvalue weighted by atomic mass is 35.5. The van der Waals surface area contributed by atoms with Gasteiger partial charge < -0.3 is 9.57 Å². The van der Waals surface area contributed by atoms with Gasteiger partial charge in [0.15, 0.2) is 5.25 Å². The van der Waals surface area contributed by atoms with Gasteiger partial charge in [-0.1, -0.05) is 52.1 Å². The number of rotatable bonds is 4. The van der Waals surface area contributed by atoms with Gasteiger partial charge in [0, 0.05) is 17.6 Å². The summed E-state index contributed by atoms with van der Waals surface area (Å²) in [6.45, 7) is 1.80. The second kappa shape index (κ2) is 7.67. The standard InChI is InChI=1S/C18H14Cl2F3NO3S/c1-10-6-8-11(9-7-10)28(25)16-15(14-12(19)4-3-5-13(14)20)24-27-17(16,26-2)18(21,22)23/h3-9,16H,1-2H3/t16-,17-,28-/m0/s1. The van der Waals surface area contributed by atoms with E-state index in [0.29, 0.717) is 0 Å². The van der Waals surface area contributed by atoms with E-state index in [1.807, 2.05) is 0 Å². The zero-order chi connectivity index (χ0) is 20.7. The summed E-state index contributed by atoms with van der Waals surface area (Å²) in [6.07, 6.45) is -5.04. The van der Waals surface area contributed by atoms with E-state index in [1.54, 1.807) is 19.1 Å². The van der Waals surface area contributed by atoms with Crippen molar-refractivity contribution in [3.05, 3.63) is 63.6 Å². The minimum atomic E-state index is -5.04. The highest BCUT2D eigenvalue weighted by Gasteiger charge is 2.70. The number of ether oxygens (including phenoxy) is 1. The second-order valence-corrected chi connectivity index (χ2v) is 8.38. The van der Waals surface area contributed by atoms with Gasteiger partial charge in [0.25, 0.3) is 0 Å². The zero-order valence-corrected chi connectivity index (χ0v) is 16.9. The summed E-state index contributed by atoms with van der Waals surface area (Å²) in [7, 11) is -1.43. The Labute approximate surface area is 171 Å². The maximum Gasteiger partial charge on any atom is 0.459 e. The molecule has 2 aromatic rings. The SMILES string of the molecule is CO[C@]1(C(F)(F)F)ON=C(c2c(Cl)cccc2Cl)[C@@H]1[S@@](=O)c1ccc(C)cc1. The molecule has 0 N–H and O–H groups in total. The first-order valence-electron chi connectivity index (χ1n) is 7.92. The van der Waals surface area contributed by atoms with Crippen LogP contribution in [-0.2, 0) is 20.4 Å². The Bertz CT molecular complexity index is 930. The van der Waals surface area contributed by atoms with E-state index < -0.39 is 28.0 Å². The molecular formula is C18H14Cl2F3NO3S. The average molecular weight is 452 g/mol. The van der Waals surface area contributed by atoms with Gasteiger partial charge in [-0.2, -0.15) is 13.2 Å². The third kappa shape index (κ3) is 3.43. The summed E-state index contributed by atoms with van der Waals surface area (Å²) < 4.78 is 59.9. The molecule has 0 unspecified atom stereocenters. The fourth-order valence-corrected chi connectivity index (χ4v) is 5.01. The molecule has 1 aliphatic rings. The minimum absolute atomic E-state index is 0.0134. The van der Waals surface area contributed by atoms with Gasteiger partial charge in [-0.25, -0.2) is 0 Å². The van der Waals surface area contributed by atoms with Gasteiger partial charge in [-0.15, -0.1) is 0 Å². The Morgan fingerprint density at radius 3 is 2.21 bits per heavy atom. The van der Waals surface area contributed by atoms with Gasteiger partial charge in [0.2, 0.25) is 0 Å². The van der Waals surface area contributed by atoms with Crippen molar-refractivity contribution in [1.29, 1.82) is 0 Å². The molecule has 2 aromatic carbocycles. The van der Waals surface area contributed by atoms with Crippen LogP contribution in [0.4, 0.5) is 13.2 Å². The van der Waals surface area contributed by atoms with Gasteiger partial charge in [-0.3, -0.25) is 4.21 Å². The van der Waals surface area contributed by atoms with Crippen molar-refractivity contribution in [1.82, 2.24) is 0 Å². The molecule has 10 heteroatoms. The third-order valence-corrected chi connectivity index (χ3v) is 6.59. The Morgan fingerprint density at radius 1 is 1.14 bits per heavy atom. The number of nitrogens with zero attached hydrogens (tertiary/aromatic N) is 1. The molecule has 0 radical (unpaired) electrons. The first-order valence-corrected chi connectivity index (χ1v) is 9.89. The van der Waals surface area contributed by atoms with Crippen molar-refractivity contribution >= 4 is 39.7 Å². The number of alkyl halides is 3. The Morgan fingerprint density at radius 2 is 1.71 bits per heavy atom. The summed E-state index contributed by atoms with van der Waals surface area (Å²) in [5.41, 5.74) is 0.577. The molecule has 28 heavy (non-hydrogen) atoms. The fourth-order valence-electron chi connectivity index (χ4n) is 2.82. The largest absolute Gasteiger partial charge is 0.459 e. The van der Waals surface area contributed by atoms with E-state index in [9.17, 15) is 17.4 Å². The summed E-state index contributed by atoms with van der Waals surface area (Å²) >= 11 is 12.3. The van der Waals surface area contributed by atoms with Crippen molar-refractivity contribution in [2.24, 2.45) is 5.16 Å². The molecule has 0 fully saturated rings. The maximum atomic E-state index is 14.0. The van der Waals surface area contributed by atoms with Gasteiger partial charge in [0.1, 0.15) is 5.71 Å². The molecule has 0 aliphatic carbocycles. The van der Waals surface area contributed by atoms with Crippen LogP contribution in [0.15, 0.2) is 52.5 Å². The van der Waals surface area contributed by atoms with E-state index in [2.05, 4.69) is 5.16 Å². The summed E-state index contributed by atoms with van der Waals surface area (Å²) in [4.78, 5) is 4.90. The minimum Gasteiger partial charge on any atom is -0.348 e. The van der Waals surface area contributed by atoms with Gasteiger partial charge in [-0.05, 0) is 31.2 Å². The quantitative estimate of drug-likeness (QED) is 0.648. The summed E-state index contributed by atoms with van der Waals surface area (Å²) in [6, 6.07) is 10.7. The van der Waals surface area contributed by atoms with Crippen LogP contribution in [0.25, 0.3) is 0 Å². The van der Waals surface area contributed by atoms with E-state index >= 15 is 0 Å². The van der Waals surface area contributed by atoms with Crippen LogP contribution in [0.3, 0.4) is 0 Å². The molecule has 4 nitrogen and oxygen atoms in total. The molecule has 1 aliphatic heterocycles. The monoisotopic (exact) mass is 451 g/mol. The molecule has 0 saturated heterocycles. The number of oxime groups is 1. The number of methoxy groups -OCH3 is 1. The number of halogens is 5. The van der Waals surface area contributed by atoms with Crippen molar-refractivity contribution in [3.8, 4) is 0 Å². The molecule has 0 aromatic heterocycles. The Balaban J connectivity index is 2.20. The lowest BCUT2D eigenvalue weighted by atomic mass is 10.0. The first-order chi connectivity index (χ1) is 13.1. The third-order valence-electron chi connectivity index (χ3n) is 4.26. The number of benzene rings is 2. The Hall–Kier alpha value is -1.61. The molecule has 3 atom stereocenters. The zero-order valence-electron chi connectivity index (χ0n) is 14.6. The molecule has 0 spiro atoms. The lowest BCUT2D eigenvalue weighted by Gasteiger charge is -2.32. The van der Waals surface area contributed by atoms with Crippen molar-refractivity contribution in [2.75, 3.05) is 7.11 Å². The van der Waals surface area contributed by atoms with Crippen molar-refractivity contribution < 1.29 is 27.0 Å². The van der Waals surface area contributed by atoms with Crippen LogP contribution in [-0.4, -0.2) is 34.2 Å². The van der Waals surface area contributed by atoms with E-state index in [1.165, 1.54) is 30.3 Å². The van der Waals surface area contributed by atoms with Crippen LogP contribution in [0.2, 0.25) is 10.0 Å². The average Bonchev–Trinajstić information content (AvgIpc) is 3.02. The molecule has 0 amide bonds.